The first-order valence-electron chi connectivity index (χ1n) is 5.23. The number of nitro groups is 1. The number of rotatable bonds is 4. The summed E-state index contributed by atoms with van der Waals surface area (Å²) in [6.07, 6.45) is 3.28. The zero-order chi connectivity index (χ0) is 13.1. The Hall–Kier alpha value is -1.89. The average molecular weight is 311 g/mol. The molecule has 0 saturated heterocycles. The standard InChI is InChI=1S/C11H11BrN4O2/c1-7-2-9(12)10(3-11(7)16(17)18)14-5-8-4-13-6-15-8/h2-4,6,14H,5H2,1H3,(H,13,15). The monoisotopic (exact) mass is 310 g/mol. The summed E-state index contributed by atoms with van der Waals surface area (Å²) in [6, 6.07) is 3.25. The molecule has 0 aliphatic carbocycles. The summed E-state index contributed by atoms with van der Waals surface area (Å²) in [4.78, 5) is 17.3. The lowest BCUT2D eigenvalue weighted by Gasteiger charge is -2.08. The molecule has 0 fully saturated rings. The summed E-state index contributed by atoms with van der Waals surface area (Å²) < 4.78 is 0.796. The molecule has 0 aliphatic rings. The van der Waals surface area contributed by atoms with Gasteiger partial charge in [-0.05, 0) is 28.9 Å². The lowest BCUT2D eigenvalue weighted by molar-refractivity contribution is -0.385. The van der Waals surface area contributed by atoms with Crippen molar-refractivity contribution in [1.29, 1.82) is 0 Å². The molecule has 94 valence electrons. The molecule has 6 nitrogen and oxygen atoms in total. The Kier molecular flexibility index (Phi) is 3.61. The van der Waals surface area contributed by atoms with E-state index in [1.54, 1.807) is 25.5 Å². The maximum atomic E-state index is 10.9. The fraction of sp³-hybridized carbons (Fsp3) is 0.182. The van der Waals surface area contributed by atoms with Crippen molar-refractivity contribution in [2.24, 2.45) is 0 Å². The summed E-state index contributed by atoms with van der Waals surface area (Å²) >= 11 is 3.38. The molecular formula is C11H11BrN4O2. The predicted octanol–water partition coefficient (Wildman–Crippen LogP) is 3.00. The maximum Gasteiger partial charge on any atom is 0.274 e. The van der Waals surface area contributed by atoms with Crippen molar-refractivity contribution in [2.75, 3.05) is 5.32 Å². The Labute approximate surface area is 112 Å². The van der Waals surface area contributed by atoms with Crippen LogP contribution in [-0.4, -0.2) is 14.9 Å². The molecule has 0 spiro atoms. The zero-order valence-corrected chi connectivity index (χ0v) is 11.2. The largest absolute Gasteiger partial charge is 0.378 e. The number of nitrogens with one attached hydrogen (secondary N) is 2. The van der Waals surface area contributed by atoms with Crippen LogP contribution in [0.5, 0.6) is 0 Å². The molecule has 0 bridgehead atoms. The molecule has 7 heteroatoms. The fourth-order valence-electron chi connectivity index (χ4n) is 1.57. The third-order valence-electron chi connectivity index (χ3n) is 2.51. The van der Waals surface area contributed by atoms with E-state index in [0.29, 0.717) is 17.8 Å². The highest BCUT2D eigenvalue weighted by Crippen LogP contribution is 2.30. The number of aryl methyl sites for hydroxylation is 1. The van der Waals surface area contributed by atoms with Gasteiger partial charge in [-0.2, -0.15) is 0 Å². The number of hydrogen-bond donors (Lipinski definition) is 2. The van der Waals surface area contributed by atoms with Gasteiger partial charge in [0.05, 0.1) is 29.2 Å². The van der Waals surface area contributed by atoms with Crippen LogP contribution < -0.4 is 5.32 Å². The highest BCUT2D eigenvalue weighted by molar-refractivity contribution is 9.10. The van der Waals surface area contributed by atoms with E-state index in [-0.39, 0.29) is 10.6 Å². The second-order valence-electron chi connectivity index (χ2n) is 3.81. The van der Waals surface area contributed by atoms with Crippen LogP contribution in [0.2, 0.25) is 0 Å². The van der Waals surface area contributed by atoms with Gasteiger partial charge in [-0.1, -0.05) is 0 Å². The van der Waals surface area contributed by atoms with Gasteiger partial charge in [0.1, 0.15) is 0 Å². The van der Waals surface area contributed by atoms with Crippen molar-refractivity contribution in [3.8, 4) is 0 Å². The lowest BCUT2D eigenvalue weighted by atomic mass is 10.2. The maximum absolute atomic E-state index is 10.9. The Balaban J connectivity index is 2.22. The third-order valence-corrected chi connectivity index (χ3v) is 3.16. The van der Waals surface area contributed by atoms with E-state index in [1.807, 2.05) is 0 Å². The topological polar surface area (TPSA) is 83.8 Å². The Morgan fingerprint density at radius 3 is 2.94 bits per heavy atom. The molecule has 2 aromatic rings. The molecule has 1 aromatic heterocycles. The van der Waals surface area contributed by atoms with Crippen LogP contribution in [0, 0.1) is 17.0 Å². The minimum atomic E-state index is -0.386. The van der Waals surface area contributed by atoms with Crippen molar-refractivity contribution in [1.82, 2.24) is 9.97 Å². The highest BCUT2D eigenvalue weighted by Gasteiger charge is 2.14. The van der Waals surface area contributed by atoms with Crippen molar-refractivity contribution in [3.63, 3.8) is 0 Å². The van der Waals surface area contributed by atoms with Gasteiger partial charge in [0.25, 0.3) is 5.69 Å². The molecule has 1 heterocycles. The molecule has 0 aliphatic heterocycles. The van der Waals surface area contributed by atoms with Crippen molar-refractivity contribution < 1.29 is 4.92 Å². The number of anilines is 1. The number of hydrogen-bond acceptors (Lipinski definition) is 4. The van der Waals surface area contributed by atoms with Crippen LogP contribution in [0.1, 0.15) is 11.3 Å². The summed E-state index contributed by atoms with van der Waals surface area (Å²) in [6.45, 7) is 2.24. The number of aromatic amines is 1. The van der Waals surface area contributed by atoms with Crippen LogP contribution in [0.4, 0.5) is 11.4 Å². The van der Waals surface area contributed by atoms with E-state index in [2.05, 4.69) is 31.2 Å². The zero-order valence-electron chi connectivity index (χ0n) is 9.61. The minimum Gasteiger partial charge on any atom is -0.378 e. The molecule has 2 rings (SSSR count). The number of imidazole rings is 1. The van der Waals surface area contributed by atoms with Crippen molar-refractivity contribution in [2.45, 2.75) is 13.5 Å². The van der Waals surface area contributed by atoms with Crippen molar-refractivity contribution >= 4 is 27.3 Å². The van der Waals surface area contributed by atoms with Crippen LogP contribution in [-0.2, 0) is 6.54 Å². The molecule has 18 heavy (non-hydrogen) atoms. The number of H-pyrrole nitrogens is 1. The van der Waals surface area contributed by atoms with Gasteiger partial charge in [0.15, 0.2) is 0 Å². The number of nitrogens with zero attached hydrogens (tertiary/aromatic N) is 2. The van der Waals surface area contributed by atoms with Gasteiger partial charge in [0.2, 0.25) is 0 Å². The first kappa shape index (κ1) is 12.6. The van der Waals surface area contributed by atoms with Crippen LogP contribution in [0.25, 0.3) is 0 Å². The van der Waals surface area contributed by atoms with Gasteiger partial charge in [-0.15, -0.1) is 0 Å². The normalized spacial score (nSPS) is 10.3. The van der Waals surface area contributed by atoms with Crippen LogP contribution >= 0.6 is 15.9 Å². The summed E-state index contributed by atoms with van der Waals surface area (Å²) in [5.74, 6) is 0. The first-order chi connectivity index (χ1) is 8.58. The molecule has 2 N–H and O–H groups in total. The minimum absolute atomic E-state index is 0.102. The van der Waals surface area contributed by atoms with E-state index in [0.717, 1.165) is 10.2 Å². The van der Waals surface area contributed by atoms with Crippen LogP contribution in [0.3, 0.4) is 0 Å². The highest BCUT2D eigenvalue weighted by atomic mass is 79.9. The molecular weight excluding hydrogens is 300 g/mol. The first-order valence-corrected chi connectivity index (χ1v) is 6.03. The smallest absolute Gasteiger partial charge is 0.274 e. The Morgan fingerprint density at radius 2 is 2.33 bits per heavy atom. The van der Waals surface area contributed by atoms with Gasteiger partial charge < -0.3 is 10.3 Å². The van der Waals surface area contributed by atoms with Gasteiger partial charge in [0, 0.05) is 22.3 Å². The SMILES string of the molecule is Cc1cc(Br)c(NCc2cnc[nH]2)cc1[N+](=O)[O-]. The molecule has 0 radical (unpaired) electrons. The Bertz CT molecular complexity index is 569. The quantitative estimate of drug-likeness (QED) is 0.671. The summed E-state index contributed by atoms with van der Waals surface area (Å²) in [7, 11) is 0. The van der Waals surface area contributed by atoms with Gasteiger partial charge >= 0.3 is 0 Å². The molecule has 1 aromatic carbocycles. The van der Waals surface area contributed by atoms with Crippen molar-refractivity contribution in [3.05, 3.63) is 50.5 Å². The van der Waals surface area contributed by atoms with E-state index in [4.69, 9.17) is 0 Å². The fourth-order valence-corrected chi connectivity index (χ4v) is 2.16. The van der Waals surface area contributed by atoms with E-state index in [1.165, 1.54) is 6.07 Å². The molecule has 0 unspecified atom stereocenters. The molecule has 0 amide bonds. The van der Waals surface area contributed by atoms with Crippen LogP contribution in [0.15, 0.2) is 29.1 Å². The average Bonchev–Trinajstić information content (AvgIpc) is 2.80. The number of halogens is 1. The second-order valence-corrected chi connectivity index (χ2v) is 4.66. The van der Waals surface area contributed by atoms with Gasteiger partial charge in [-0.3, -0.25) is 10.1 Å². The molecule has 0 saturated carbocycles. The Morgan fingerprint density at radius 1 is 1.56 bits per heavy atom. The summed E-state index contributed by atoms with van der Waals surface area (Å²) in [5, 5.41) is 14.0. The second kappa shape index (κ2) is 5.18. The number of benzene rings is 1. The number of aromatic nitrogens is 2. The van der Waals surface area contributed by atoms with E-state index in [9.17, 15) is 10.1 Å². The third kappa shape index (κ3) is 2.67. The molecule has 0 atom stereocenters. The van der Waals surface area contributed by atoms with E-state index >= 15 is 0 Å². The predicted molar refractivity (Wildman–Crippen MR) is 71.4 cm³/mol. The summed E-state index contributed by atoms with van der Waals surface area (Å²) in [5.41, 5.74) is 2.32. The van der Waals surface area contributed by atoms with Gasteiger partial charge in [-0.25, -0.2) is 4.98 Å². The van der Waals surface area contributed by atoms with E-state index < -0.39 is 0 Å². The number of nitro benzene ring substituents is 1. The lowest BCUT2D eigenvalue weighted by Crippen LogP contribution is -2.02.